The van der Waals surface area contributed by atoms with Gasteiger partial charge >= 0.3 is 0 Å². The summed E-state index contributed by atoms with van der Waals surface area (Å²) >= 11 is 4.96. The Hall–Kier alpha value is -1.49. The Morgan fingerprint density at radius 3 is 3.06 bits per heavy atom. The highest BCUT2D eigenvalue weighted by Crippen LogP contribution is 2.15. The summed E-state index contributed by atoms with van der Waals surface area (Å²) in [5.74, 6) is 0.203. The Labute approximate surface area is 106 Å². The predicted octanol–water partition coefficient (Wildman–Crippen LogP) is 1.23. The lowest BCUT2D eigenvalue weighted by Gasteiger charge is -2.27. The van der Waals surface area contributed by atoms with Crippen LogP contribution in [0.2, 0.25) is 0 Å². The Morgan fingerprint density at radius 2 is 2.35 bits per heavy atom. The van der Waals surface area contributed by atoms with Gasteiger partial charge in [0, 0.05) is 31.3 Å². The number of aromatic nitrogens is 1. The number of piperidine rings is 1. The average Bonchev–Trinajstić information content (AvgIpc) is 2.32. The first-order chi connectivity index (χ1) is 8.18. The Kier molecular flexibility index (Phi) is 3.68. The summed E-state index contributed by atoms with van der Waals surface area (Å²) in [5, 5.41) is 0. The monoisotopic (exact) mass is 249 g/mol. The lowest BCUT2D eigenvalue weighted by molar-refractivity contribution is -0.133. The molecule has 17 heavy (non-hydrogen) atoms. The zero-order chi connectivity index (χ0) is 12.3. The molecule has 1 saturated heterocycles. The molecule has 0 aliphatic carbocycles. The lowest BCUT2D eigenvalue weighted by atomic mass is 10.1. The van der Waals surface area contributed by atoms with Gasteiger partial charge in [-0.05, 0) is 18.9 Å². The smallest absolute Gasteiger partial charge is 0.222 e. The fourth-order valence-electron chi connectivity index (χ4n) is 2.02. The largest absolute Gasteiger partial charge is 0.388 e. The highest BCUT2D eigenvalue weighted by Gasteiger charge is 2.19. The molecular formula is C12H15N3OS. The normalized spacial score (nSPS) is 16.0. The average molecular weight is 249 g/mol. The van der Waals surface area contributed by atoms with Crippen molar-refractivity contribution in [2.45, 2.75) is 25.8 Å². The van der Waals surface area contributed by atoms with Crippen LogP contribution in [0.4, 0.5) is 0 Å². The molecule has 2 heterocycles. The van der Waals surface area contributed by atoms with E-state index in [2.05, 4.69) is 4.98 Å². The molecule has 0 bridgehead atoms. The molecule has 1 aromatic rings. The Morgan fingerprint density at radius 1 is 1.53 bits per heavy atom. The van der Waals surface area contributed by atoms with Gasteiger partial charge in [-0.25, -0.2) is 0 Å². The van der Waals surface area contributed by atoms with Crippen LogP contribution >= 0.6 is 12.2 Å². The van der Waals surface area contributed by atoms with E-state index in [4.69, 9.17) is 18.0 Å². The predicted molar refractivity (Wildman–Crippen MR) is 69.4 cm³/mol. The van der Waals surface area contributed by atoms with Gasteiger partial charge in [-0.2, -0.15) is 0 Å². The number of nitrogens with two attached hydrogens (primary N) is 1. The molecule has 0 saturated carbocycles. The molecule has 5 heteroatoms. The third-order valence-corrected chi connectivity index (χ3v) is 3.10. The number of carbonyl (C=O) groups is 1. The van der Waals surface area contributed by atoms with Crippen LogP contribution in [0, 0.1) is 0 Å². The molecule has 90 valence electrons. The molecule has 1 aliphatic rings. The fraction of sp³-hybridized carbons (Fsp3) is 0.417. The molecule has 1 amide bonds. The number of hydrogen-bond acceptors (Lipinski definition) is 3. The number of pyridine rings is 1. The van der Waals surface area contributed by atoms with Gasteiger partial charge in [0.15, 0.2) is 0 Å². The minimum Gasteiger partial charge on any atom is -0.388 e. The minimum absolute atomic E-state index is 0.203. The summed E-state index contributed by atoms with van der Waals surface area (Å²) in [7, 11) is 0. The van der Waals surface area contributed by atoms with E-state index in [0.717, 1.165) is 24.9 Å². The zero-order valence-corrected chi connectivity index (χ0v) is 10.4. The van der Waals surface area contributed by atoms with Gasteiger partial charge in [0.05, 0.1) is 0 Å². The number of amides is 1. The van der Waals surface area contributed by atoms with Crippen molar-refractivity contribution in [3.63, 3.8) is 0 Å². The van der Waals surface area contributed by atoms with Crippen LogP contribution in [0.1, 0.15) is 30.5 Å². The third kappa shape index (κ3) is 2.79. The van der Waals surface area contributed by atoms with Crippen molar-refractivity contribution < 1.29 is 4.79 Å². The Bertz CT molecular complexity index is 447. The van der Waals surface area contributed by atoms with Crippen molar-refractivity contribution >= 4 is 23.1 Å². The molecule has 2 N–H and O–H groups in total. The van der Waals surface area contributed by atoms with E-state index in [1.807, 2.05) is 17.0 Å². The van der Waals surface area contributed by atoms with E-state index in [-0.39, 0.29) is 10.9 Å². The molecule has 2 rings (SSSR count). The number of thiocarbonyl (C=S) groups is 1. The molecular weight excluding hydrogens is 234 g/mol. The van der Waals surface area contributed by atoms with Crippen LogP contribution in [0.15, 0.2) is 18.3 Å². The van der Waals surface area contributed by atoms with Crippen LogP contribution in [0.25, 0.3) is 0 Å². The quantitative estimate of drug-likeness (QED) is 0.819. The number of nitrogens with zero attached hydrogens (tertiary/aromatic N) is 2. The van der Waals surface area contributed by atoms with Crippen LogP contribution in [0.5, 0.6) is 0 Å². The van der Waals surface area contributed by atoms with Crippen molar-refractivity contribution in [3.8, 4) is 0 Å². The van der Waals surface area contributed by atoms with E-state index in [1.54, 1.807) is 6.20 Å². The van der Waals surface area contributed by atoms with Gasteiger partial charge < -0.3 is 10.6 Å². The van der Waals surface area contributed by atoms with Crippen LogP contribution < -0.4 is 5.73 Å². The summed E-state index contributed by atoms with van der Waals surface area (Å²) < 4.78 is 0. The first kappa shape index (κ1) is 12.0. The third-order valence-electron chi connectivity index (χ3n) is 2.91. The maximum absolute atomic E-state index is 11.7. The molecule has 0 aromatic carbocycles. The molecule has 0 spiro atoms. The molecule has 0 atom stereocenters. The Balaban J connectivity index is 2.17. The fourth-order valence-corrected chi connectivity index (χ4v) is 2.21. The summed E-state index contributed by atoms with van der Waals surface area (Å²) in [6.45, 7) is 1.36. The van der Waals surface area contributed by atoms with E-state index in [1.165, 1.54) is 0 Å². The van der Waals surface area contributed by atoms with Crippen molar-refractivity contribution in [2.24, 2.45) is 5.73 Å². The number of hydrogen-bond donors (Lipinski definition) is 1. The molecule has 0 unspecified atom stereocenters. The standard InChI is InChI=1S/C12H15N3OS/c13-12(17)11-9(4-3-6-14-11)8-15-7-2-1-5-10(15)16/h3-4,6H,1-2,5,7-8H2,(H2,13,17). The summed E-state index contributed by atoms with van der Waals surface area (Å²) in [6.07, 6.45) is 4.36. The van der Waals surface area contributed by atoms with Crippen LogP contribution in [-0.2, 0) is 11.3 Å². The highest BCUT2D eigenvalue weighted by atomic mass is 32.1. The maximum atomic E-state index is 11.7. The second kappa shape index (κ2) is 5.23. The first-order valence-electron chi connectivity index (χ1n) is 5.70. The van der Waals surface area contributed by atoms with Gasteiger partial charge in [0.1, 0.15) is 10.7 Å². The molecule has 1 fully saturated rings. The zero-order valence-electron chi connectivity index (χ0n) is 9.56. The molecule has 4 nitrogen and oxygen atoms in total. The van der Waals surface area contributed by atoms with E-state index in [0.29, 0.717) is 18.7 Å². The van der Waals surface area contributed by atoms with E-state index >= 15 is 0 Å². The second-order valence-corrected chi connectivity index (χ2v) is 4.59. The molecule has 1 aliphatic heterocycles. The van der Waals surface area contributed by atoms with Gasteiger partial charge in [-0.15, -0.1) is 0 Å². The second-order valence-electron chi connectivity index (χ2n) is 4.15. The van der Waals surface area contributed by atoms with E-state index < -0.39 is 0 Å². The lowest BCUT2D eigenvalue weighted by Crippen LogP contribution is -2.35. The topological polar surface area (TPSA) is 59.2 Å². The van der Waals surface area contributed by atoms with Crippen LogP contribution in [-0.4, -0.2) is 27.3 Å². The van der Waals surface area contributed by atoms with E-state index in [9.17, 15) is 4.79 Å². The van der Waals surface area contributed by atoms with Crippen molar-refractivity contribution in [3.05, 3.63) is 29.6 Å². The maximum Gasteiger partial charge on any atom is 0.222 e. The number of carbonyl (C=O) groups excluding carboxylic acids is 1. The SMILES string of the molecule is NC(=S)c1ncccc1CN1CCCCC1=O. The van der Waals surface area contributed by atoms with Gasteiger partial charge in [-0.3, -0.25) is 9.78 Å². The number of likely N-dealkylation sites (tertiary alicyclic amines) is 1. The molecule has 0 radical (unpaired) electrons. The van der Waals surface area contributed by atoms with Crippen molar-refractivity contribution in [2.75, 3.05) is 6.54 Å². The first-order valence-corrected chi connectivity index (χ1v) is 6.11. The number of rotatable bonds is 3. The summed E-state index contributed by atoms with van der Waals surface area (Å²) in [4.78, 5) is 18.0. The van der Waals surface area contributed by atoms with Crippen LogP contribution in [0.3, 0.4) is 0 Å². The highest BCUT2D eigenvalue weighted by molar-refractivity contribution is 7.80. The summed E-state index contributed by atoms with van der Waals surface area (Å²) in [6, 6.07) is 3.76. The summed E-state index contributed by atoms with van der Waals surface area (Å²) in [5.41, 5.74) is 7.17. The van der Waals surface area contributed by atoms with Gasteiger partial charge in [-0.1, -0.05) is 18.3 Å². The van der Waals surface area contributed by atoms with Crippen molar-refractivity contribution in [1.82, 2.24) is 9.88 Å². The van der Waals surface area contributed by atoms with Gasteiger partial charge in [0.25, 0.3) is 0 Å². The van der Waals surface area contributed by atoms with Gasteiger partial charge in [0.2, 0.25) is 5.91 Å². The van der Waals surface area contributed by atoms with Crippen molar-refractivity contribution in [1.29, 1.82) is 0 Å². The minimum atomic E-state index is 0.203. The molecule has 1 aromatic heterocycles.